The van der Waals surface area contributed by atoms with Crippen LogP contribution in [0.1, 0.15) is 20.8 Å². The van der Waals surface area contributed by atoms with E-state index in [1.165, 1.54) is 12.1 Å². The molecular formula is C16H24O6. The van der Waals surface area contributed by atoms with Crippen LogP contribution in [0.15, 0.2) is 24.3 Å². The number of hydrogen-bond acceptors (Lipinski definition) is 6. The SMILES string of the molecule is CC(C)(C)[C@H]1OC(COc2ccc(O)cc2)[C@@H](O)[C@H](O)C1O. The van der Waals surface area contributed by atoms with Crippen molar-refractivity contribution in [2.45, 2.75) is 51.3 Å². The molecule has 0 aromatic heterocycles. The molecule has 1 heterocycles. The van der Waals surface area contributed by atoms with Crippen LogP contribution in [0, 0.1) is 5.41 Å². The van der Waals surface area contributed by atoms with Gasteiger partial charge in [0.05, 0.1) is 6.10 Å². The third-order valence-corrected chi connectivity index (χ3v) is 3.82. The number of phenolic OH excluding ortho intramolecular Hbond substituents is 1. The van der Waals surface area contributed by atoms with E-state index >= 15 is 0 Å². The van der Waals surface area contributed by atoms with Crippen LogP contribution in [-0.4, -0.2) is 57.6 Å². The van der Waals surface area contributed by atoms with Gasteiger partial charge in [0, 0.05) is 0 Å². The minimum absolute atomic E-state index is 0.0301. The van der Waals surface area contributed by atoms with Crippen LogP contribution in [0.3, 0.4) is 0 Å². The van der Waals surface area contributed by atoms with Crippen molar-refractivity contribution in [3.8, 4) is 11.5 Å². The largest absolute Gasteiger partial charge is 0.508 e. The summed E-state index contributed by atoms with van der Waals surface area (Å²) in [5, 5.41) is 39.4. The Labute approximate surface area is 129 Å². The molecule has 6 heteroatoms. The topological polar surface area (TPSA) is 99.4 Å². The third kappa shape index (κ3) is 3.70. The van der Waals surface area contributed by atoms with Gasteiger partial charge < -0.3 is 29.9 Å². The molecule has 1 fully saturated rings. The van der Waals surface area contributed by atoms with Gasteiger partial charge in [0.25, 0.3) is 0 Å². The molecule has 1 saturated heterocycles. The van der Waals surface area contributed by atoms with Gasteiger partial charge in [-0.2, -0.15) is 0 Å². The van der Waals surface area contributed by atoms with Crippen molar-refractivity contribution in [2.24, 2.45) is 5.41 Å². The highest BCUT2D eigenvalue weighted by Gasteiger charge is 2.47. The van der Waals surface area contributed by atoms with Crippen LogP contribution >= 0.6 is 0 Å². The molecule has 4 N–H and O–H groups in total. The Hall–Kier alpha value is -1.34. The Morgan fingerprint density at radius 3 is 2.14 bits per heavy atom. The summed E-state index contributed by atoms with van der Waals surface area (Å²) in [7, 11) is 0. The number of aromatic hydroxyl groups is 1. The predicted octanol–water partition coefficient (Wildman–Crippen LogP) is 0.667. The second-order valence-corrected chi connectivity index (χ2v) is 6.74. The molecule has 1 aliphatic rings. The fraction of sp³-hybridized carbons (Fsp3) is 0.625. The highest BCUT2D eigenvalue weighted by atomic mass is 16.6. The molecule has 2 unspecified atom stereocenters. The lowest BCUT2D eigenvalue weighted by atomic mass is 9.80. The summed E-state index contributed by atoms with van der Waals surface area (Å²) in [5.74, 6) is 0.647. The first kappa shape index (κ1) is 17.0. The molecule has 124 valence electrons. The van der Waals surface area contributed by atoms with E-state index in [0.717, 1.165) is 0 Å². The number of aliphatic hydroxyl groups is 3. The number of hydrogen-bond donors (Lipinski definition) is 4. The Morgan fingerprint density at radius 1 is 1.00 bits per heavy atom. The lowest BCUT2D eigenvalue weighted by molar-refractivity contribution is -0.249. The number of rotatable bonds is 3. The van der Waals surface area contributed by atoms with E-state index in [-0.39, 0.29) is 12.4 Å². The zero-order valence-corrected chi connectivity index (χ0v) is 13.0. The highest BCUT2D eigenvalue weighted by molar-refractivity contribution is 5.30. The van der Waals surface area contributed by atoms with Crippen molar-refractivity contribution >= 4 is 0 Å². The fourth-order valence-corrected chi connectivity index (χ4v) is 2.53. The second-order valence-electron chi connectivity index (χ2n) is 6.74. The predicted molar refractivity (Wildman–Crippen MR) is 79.7 cm³/mol. The van der Waals surface area contributed by atoms with E-state index in [4.69, 9.17) is 9.47 Å². The molecule has 0 radical (unpaired) electrons. The maximum atomic E-state index is 10.1. The molecule has 0 aliphatic carbocycles. The molecule has 22 heavy (non-hydrogen) atoms. The molecular weight excluding hydrogens is 288 g/mol. The molecule has 0 bridgehead atoms. The summed E-state index contributed by atoms with van der Waals surface area (Å²) in [6.45, 7) is 5.71. The molecule has 2 rings (SSSR count). The second kappa shape index (κ2) is 6.42. The third-order valence-electron chi connectivity index (χ3n) is 3.82. The normalized spacial score (nSPS) is 32.7. The van der Waals surface area contributed by atoms with Gasteiger partial charge in [-0.15, -0.1) is 0 Å². The Balaban J connectivity index is 2.04. The minimum atomic E-state index is -1.29. The van der Waals surface area contributed by atoms with Crippen LogP contribution in [0.2, 0.25) is 0 Å². The van der Waals surface area contributed by atoms with Crippen molar-refractivity contribution in [3.05, 3.63) is 24.3 Å². The fourth-order valence-electron chi connectivity index (χ4n) is 2.53. The summed E-state index contributed by atoms with van der Waals surface area (Å²) in [4.78, 5) is 0. The summed E-state index contributed by atoms with van der Waals surface area (Å²) < 4.78 is 11.3. The molecule has 0 amide bonds. The standard InChI is InChI=1S/C16H24O6/c1-16(2,3)15-14(20)13(19)12(18)11(22-15)8-21-10-6-4-9(17)5-7-10/h4-7,11-15,17-20H,8H2,1-3H3/t11?,12-,13+,14?,15+/m1/s1. The van der Waals surface area contributed by atoms with Crippen molar-refractivity contribution in [3.63, 3.8) is 0 Å². The Morgan fingerprint density at radius 2 is 1.59 bits per heavy atom. The van der Waals surface area contributed by atoms with Crippen molar-refractivity contribution in [1.82, 2.24) is 0 Å². The number of aliphatic hydroxyl groups excluding tert-OH is 3. The first-order chi connectivity index (χ1) is 10.2. The number of ether oxygens (including phenoxy) is 2. The van der Waals surface area contributed by atoms with Gasteiger partial charge in [0.2, 0.25) is 0 Å². The van der Waals surface area contributed by atoms with E-state index in [9.17, 15) is 20.4 Å². The van der Waals surface area contributed by atoms with Gasteiger partial charge in [-0.1, -0.05) is 20.8 Å². The lowest BCUT2D eigenvalue weighted by Crippen LogP contribution is -2.61. The van der Waals surface area contributed by atoms with Gasteiger partial charge in [0.15, 0.2) is 0 Å². The van der Waals surface area contributed by atoms with Crippen LogP contribution in [0.25, 0.3) is 0 Å². The summed E-state index contributed by atoms with van der Waals surface area (Å²) in [6.07, 6.45) is -5.03. The molecule has 0 saturated carbocycles. The van der Waals surface area contributed by atoms with Crippen LogP contribution < -0.4 is 4.74 Å². The average molecular weight is 312 g/mol. The van der Waals surface area contributed by atoms with E-state index in [1.54, 1.807) is 12.1 Å². The maximum Gasteiger partial charge on any atom is 0.120 e. The van der Waals surface area contributed by atoms with E-state index in [0.29, 0.717) is 5.75 Å². The monoisotopic (exact) mass is 312 g/mol. The summed E-state index contributed by atoms with van der Waals surface area (Å²) in [5.41, 5.74) is -0.392. The molecule has 6 nitrogen and oxygen atoms in total. The Kier molecular flexibility index (Phi) is 4.97. The molecule has 1 aliphatic heterocycles. The van der Waals surface area contributed by atoms with Crippen LogP contribution in [0.4, 0.5) is 0 Å². The van der Waals surface area contributed by atoms with Gasteiger partial charge in [-0.05, 0) is 29.7 Å². The Bertz CT molecular complexity index is 480. The molecule has 1 aromatic rings. The number of benzene rings is 1. The minimum Gasteiger partial charge on any atom is -0.508 e. The van der Waals surface area contributed by atoms with Crippen LogP contribution in [0.5, 0.6) is 11.5 Å². The van der Waals surface area contributed by atoms with E-state index in [1.807, 2.05) is 20.8 Å². The molecule has 5 atom stereocenters. The quantitative estimate of drug-likeness (QED) is 0.655. The van der Waals surface area contributed by atoms with Crippen molar-refractivity contribution in [1.29, 1.82) is 0 Å². The highest BCUT2D eigenvalue weighted by Crippen LogP contribution is 2.33. The van der Waals surface area contributed by atoms with Crippen molar-refractivity contribution in [2.75, 3.05) is 6.61 Å². The first-order valence-corrected chi connectivity index (χ1v) is 7.31. The number of phenols is 1. The molecule has 0 spiro atoms. The maximum absolute atomic E-state index is 10.1. The van der Waals surface area contributed by atoms with Gasteiger partial charge in [-0.3, -0.25) is 0 Å². The van der Waals surface area contributed by atoms with Gasteiger partial charge in [-0.25, -0.2) is 0 Å². The van der Waals surface area contributed by atoms with Crippen molar-refractivity contribution < 1.29 is 29.9 Å². The zero-order chi connectivity index (χ0) is 16.5. The summed E-state index contributed by atoms with van der Waals surface area (Å²) in [6, 6.07) is 6.17. The smallest absolute Gasteiger partial charge is 0.120 e. The van der Waals surface area contributed by atoms with Gasteiger partial charge in [0.1, 0.15) is 42.5 Å². The van der Waals surface area contributed by atoms with E-state index in [2.05, 4.69) is 0 Å². The van der Waals surface area contributed by atoms with E-state index < -0.39 is 35.9 Å². The average Bonchev–Trinajstić information content (AvgIpc) is 2.44. The zero-order valence-electron chi connectivity index (χ0n) is 13.0. The summed E-state index contributed by atoms with van der Waals surface area (Å²) >= 11 is 0. The van der Waals surface area contributed by atoms with Crippen LogP contribution in [-0.2, 0) is 4.74 Å². The first-order valence-electron chi connectivity index (χ1n) is 7.31. The molecule has 1 aromatic carbocycles. The van der Waals surface area contributed by atoms with Gasteiger partial charge >= 0.3 is 0 Å². The lowest BCUT2D eigenvalue weighted by Gasteiger charge is -2.45.